The number of hydrogen-bond donors (Lipinski definition) is 2. The Bertz CT molecular complexity index is 1060. The Morgan fingerprint density at radius 3 is 2.85 bits per heavy atom. The van der Waals surface area contributed by atoms with Gasteiger partial charge in [-0.25, -0.2) is 19.2 Å². The van der Waals surface area contributed by atoms with Crippen LogP contribution in [-0.4, -0.2) is 39.0 Å². The van der Waals surface area contributed by atoms with Gasteiger partial charge in [0.25, 0.3) is 0 Å². The van der Waals surface area contributed by atoms with E-state index < -0.39 is 0 Å². The number of rotatable bonds is 2. The van der Waals surface area contributed by atoms with Gasteiger partial charge in [0.1, 0.15) is 17.8 Å². The van der Waals surface area contributed by atoms with E-state index in [1.807, 2.05) is 19.2 Å². The maximum absolute atomic E-state index is 13.7. The number of carbonyl (C=O) groups is 1. The molecule has 0 fully saturated rings. The van der Waals surface area contributed by atoms with E-state index in [0.29, 0.717) is 30.8 Å². The van der Waals surface area contributed by atoms with Crippen LogP contribution in [0.2, 0.25) is 0 Å². The third kappa shape index (κ3) is 3.28. The van der Waals surface area contributed by atoms with Crippen LogP contribution >= 0.6 is 0 Å². The van der Waals surface area contributed by atoms with Gasteiger partial charge in [0.15, 0.2) is 0 Å². The Hall–Kier alpha value is -3.22. The number of benzene rings is 1. The molecule has 1 aromatic carbocycles. The number of H-pyrrole nitrogens is 1. The summed E-state index contributed by atoms with van der Waals surface area (Å²) >= 11 is 0. The minimum atomic E-state index is -0.330. The number of nitrogens with one attached hydrogen (secondary N) is 2. The third-order valence-corrected chi connectivity index (χ3v) is 4.89. The molecule has 7 heteroatoms. The molecule has 6 nitrogen and oxygen atoms in total. The van der Waals surface area contributed by atoms with Crippen LogP contribution in [0.5, 0.6) is 0 Å². The fraction of sp³-hybridized carbons (Fsp3) is 0.250. The van der Waals surface area contributed by atoms with Crippen molar-refractivity contribution in [1.82, 2.24) is 19.9 Å². The number of hydrogen-bond acceptors (Lipinski definition) is 3. The van der Waals surface area contributed by atoms with Gasteiger partial charge in [-0.1, -0.05) is 12.1 Å². The molecule has 0 unspecified atom stereocenters. The Balaban J connectivity index is 1.50. The van der Waals surface area contributed by atoms with Crippen molar-refractivity contribution in [3.05, 3.63) is 59.4 Å². The first-order chi connectivity index (χ1) is 13.0. The molecule has 0 radical (unpaired) electrons. The van der Waals surface area contributed by atoms with Crippen LogP contribution in [0.1, 0.15) is 23.2 Å². The molecule has 0 saturated heterocycles. The molecular formula is C20H20FN5O. The Kier molecular flexibility index (Phi) is 4.35. The SMILES string of the molecule is Cc1ccc(NC(=O)N2CC=C(c3ncnc4[nH]cc(C)c34)CC2)cc1F. The van der Waals surface area contributed by atoms with Gasteiger partial charge in [0, 0.05) is 30.4 Å². The van der Waals surface area contributed by atoms with E-state index in [1.165, 1.54) is 6.07 Å². The van der Waals surface area contributed by atoms with Crippen LogP contribution in [0.15, 0.2) is 36.8 Å². The van der Waals surface area contributed by atoms with Gasteiger partial charge in [-0.3, -0.25) is 0 Å². The Morgan fingerprint density at radius 2 is 2.11 bits per heavy atom. The highest BCUT2D eigenvalue weighted by molar-refractivity contribution is 5.92. The highest BCUT2D eigenvalue weighted by atomic mass is 19.1. The standard InChI is InChI=1S/C20H20FN5O/c1-12-3-4-15(9-16(12)21)25-20(27)26-7-5-14(6-8-26)18-17-13(2)10-22-19(17)24-11-23-18/h3-5,9-11H,6-8H2,1-2H3,(H,25,27)(H,22,23,24). The fourth-order valence-electron chi connectivity index (χ4n) is 3.30. The van der Waals surface area contributed by atoms with E-state index in [1.54, 1.807) is 30.3 Å². The number of aromatic amines is 1. The van der Waals surface area contributed by atoms with Crippen LogP contribution in [0, 0.1) is 19.7 Å². The van der Waals surface area contributed by atoms with Crippen molar-refractivity contribution >= 4 is 28.3 Å². The van der Waals surface area contributed by atoms with Gasteiger partial charge < -0.3 is 15.2 Å². The fourth-order valence-corrected chi connectivity index (χ4v) is 3.30. The molecule has 1 aliphatic rings. The van der Waals surface area contributed by atoms with Crippen molar-refractivity contribution in [1.29, 1.82) is 0 Å². The molecule has 2 N–H and O–H groups in total. The molecule has 0 bridgehead atoms. The van der Waals surface area contributed by atoms with Gasteiger partial charge in [-0.15, -0.1) is 0 Å². The average molecular weight is 365 g/mol. The predicted octanol–water partition coefficient (Wildman–Crippen LogP) is 4.04. The number of halogens is 1. The molecule has 4 rings (SSSR count). The maximum Gasteiger partial charge on any atom is 0.322 e. The Labute approximate surface area is 156 Å². The van der Waals surface area contributed by atoms with E-state index in [0.717, 1.165) is 27.9 Å². The minimum absolute atomic E-state index is 0.237. The second-order valence-corrected chi connectivity index (χ2v) is 6.74. The van der Waals surface area contributed by atoms with Gasteiger partial charge in [0.05, 0.1) is 5.69 Å². The molecular weight excluding hydrogens is 345 g/mol. The summed E-state index contributed by atoms with van der Waals surface area (Å²) in [6.45, 7) is 4.76. The zero-order chi connectivity index (χ0) is 19.0. The van der Waals surface area contributed by atoms with Crippen LogP contribution < -0.4 is 5.32 Å². The van der Waals surface area contributed by atoms with Gasteiger partial charge in [-0.2, -0.15) is 0 Å². The topological polar surface area (TPSA) is 73.9 Å². The van der Waals surface area contributed by atoms with E-state index in [-0.39, 0.29) is 11.8 Å². The molecule has 2 aromatic heterocycles. The molecule has 0 atom stereocenters. The van der Waals surface area contributed by atoms with Crippen molar-refractivity contribution in [2.45, 2.75) is 20.3 Å². The van der Waals surface area contributed by atoms with E-state index in [4.69, 9.17) is 0 Å². The second kappa shape index (κ2) is 6.83. The van der Waals surface area contributed by atoms with E-state index in [9.17, 15) is 9.18 Å². The number of anilines is 1. The first-order valence-corrected chi connectivity index (χ1v) is 8.83. The minimum Gasteiger partial charge on any atom is -0.346 e. The lowest BCUT2D eigenvalue weighted by Gasteiger charge is -2.26. The molecule has 1 aliphatic heterocycles. The zero-order valence-electron chi connectivity index (χ0n) is 15.2. The number of aryl methyl sites for hydroxylation is 2. The number of fused-ring (bicyclic) bond motifs is 1. The molecule has 138 valence electrons. The number of aromatic nitrogens is 3. The first kappa shape index (κ1) is 17.2. The molecule has 27 heavy (non-hydrogen) atoms. The summed E-state index contributed by atoms with van der Waals surface area (Å²) in [6.07, 6.45) is 6.20. The van der Waals surface area contributed by atoms with Crippen molar-refractivity contribution in [3.63, 3.8) is 0 Å². The highest BCUT2D eigenvalue weighted by Crippen LogP contribution is 2.28. The van der Waals surface area contributed by atoms with Crippen LogP contribution in [0.4, 0.5) is 14.9 Å². The van der Waals surface area contributed by atoms with Gasteiger partial charge >= 0.3 is 6.03 Å². The zero-order valence-corrected chi connectivity index (χ0v) is 15.2. The van der Waals surface area contributed by atoms with Crippen molar-refractivity contribution in [3.8, 4) is 0 Å². The van der Waals surface area contributed by atoms with Crippen LogP contribution in [0.25, 0.3) is 16.6 Å². The summed E-state index contributed by atoms with van der Waals surface area (Å²) in [5, 5.41) is 3.78. The van der Waals surface area contributed by atoms with E-state index >= 15 is 0 Å². The predicted molar refractivity (Wildman–Crippen MR) is 103 cm³/mol. The van der Waals surface area contributed by atoms with Crippen molar-refractivity contribution in [2.24, 2.45) is 0 Å². The lowest BCUT2D eigenvalue weighted by molar-refractivity contribution is 0.217. The van der Waals surface area contributed by atoms with Crippen molar-refractivity contribution < 1.29 is 9.18 Å². The normalized spacial score (nSPS) is 14.3. The van der Waals surface area contributed by atoms with Crippen LogP contribution in [-0.2, 0) is 0 Å². The molecule has 3 aromatic rings. The van der Waals surface area contributed by atoms with Crippen LogP contribution in [0.3, 0.4) is 0 Å². The monoisotopic (exact) mass is 365 g/mol. The molecule has 0 saturated carbocycles. The smallest absolute Gasteiger partial charge is 0.322 e. The van der Waals surface area contributed by atoms with Gasteiger partial charge in [0.2, 0.25) is 0 Å². The summed E-state index contributed by atoms with van der Waals surface area (Å²) in [5.41, 5.74) is 4.95. The largest absolute Gasteiger partial charge is 0.346 e. The summed E-state index contributed by atoms with van der Waals surface area (Å²) < 4.78 is 13.7. The lowest BCUT2D eigenvalue weighted by atomic mass is 10.0. The first-order valence-electron chi connectivity index (χ1n) is 8.83. The molecule has 2 amide bonds. The van der Waals surface area contributed by atoms with Crippen molar-refractivity contribution in [2.75, 3.05) is 18.4 Å². The summed E-state index contributed by atoms with van der Waals surface area (Å²) in [7, 11) is 0. The third-order valence-electron chi connectivity index (χ3n) is 4.89. The summed E-state index contributed by atoms with van der Waals surface area (Å²) in [6, 6.07) is 4.45. The van der Waals surface area contributed by atoms with Gasteiger partial charge in [-0.05, 0) is 49.1 Å². The lowest BCUT2D eigenvalue weighted by Crippen LogP contribution is -2.38. The molecule has 0 aliphatic carbocycles. The average Bonchev–Trinajstić information content (AvgIpc) is 3.06. The number of carbonyl (C=O) groups excluding carboxylic acids is 1. The summed E-state index contributed by atoms with van der Waals surface area (Å²) in [5.74, 6) is -0.330. The molecule has 3 heterocycles. The second-order valence-electron chi connectivity index (χ2n) is 6.74. The quantitative estimate of drug-likeness (QED) is 0.720. The number of amides is 2. The summed E-state index contributed by atoms with van der Waals surface area (Å²) in [4.78, 5) is 26.0. The number of urea groups is 1. The molecule has 0 spiro atoms. The number of nitrogens with zero attached hydrogens (tertiary/aromatic N) is 3. The Morgan fingerprint density at radius 1 is 1.26 bits per heavy atom. The highest BCUT2D eigenvalue weighted by Gasteiger charge is 2.21. The maximum atomic E-state index is 13.7. The van der Waals surface area contributed by atoms with E-state index in [2.05, 4.69) is 20.3 Å².